The molecule has 0 radical (unpaired) electrons. The maximum Gasteiger partial charge on any atom is 0.123 e. The van der Waals surface area contributed by atoms with Crippen LogP contribution in [0.3, 0.4) is 0 Å². The van der Waals surface area contributed by atoms with Gasteiger partial charge in [-0.15, -0.1) is 0 Å². The first-order valence-corrected chi connectivity index (χ1v) is 6.48. The van der Waals surface area contributed by atoms with Crippen LogP contribution in [-0.4, -0.2) is 49.0 Å². The molecular formula is C14H21NO3. The maximum atomic E-state index is 9.86. The number of aliphatic hydroxyl groups excluding tert-OH is 1. The molecule has 2 rings (SSSR count). The summed E-state index contributed by atoms with van der Waals surface area (Å²) < 4.78 is 10.9. The first kappa shape index (κ1) is 13.3. The van der Waals surface area contributed by atoms with Gasteiger partial charge in [-0.3, -0.25) is 4.90 Å². The lowest BCUT2D eigenvalue weighted by molar-refractivity contribution is 0.0189. The normalized spacial score (nSPS) is 17.7. The fourth-order valence-electron chi connectivity index (χ4n) is 2.14. The Morgan fingerprint density at radius 1 is 1.44 bits per heavy atom. The van der Waals surface area contributed by atoms with E-state index in [1.165, 1.54) is 5.56 Å². The van der Waals surface area contributed by atoms with Crippen LogP contribution in [0.25, 0.3) is 0 Å². The fourth-order valence-corrected chi connectivity index (χ4v) is 2.14. The molecule has 0 aliphatic carbocycles. The van der Waals surface area contributed by atoms with Crippen molar-refractivity contribution < 1.29 is 14.6 Å². The fraction of sp³-hybridized carbons (Fsp3) is 0.571. The van der Waals surface area contributed by atoms with Crippen LogP contribution < -0.4 is 4.74 Å². The number of aliphatic hydroxyl groups is 1. The summed E-state index contributed by atoms with van der Waals surface area (Å²) in [6.07, 6.45) is -0.435. The van der Waals surface area contributed by atoms with Crippen molar-refractivity contribution in [2.75, 3.05) is 32.9 Å². The summed E-state index contributed by atoms with van der Waals surface area (Å²) in [5.41, 5.74) is 1.18. The third-order valence-corrected chi connectivity index (χ3v) is 3.01. The molecule has 0 amide bonds. The quantitative estimate of drug-likeness (QED) is 0.856. The molecule has 0 aromatic heterocycles. The number of β-amino-alcohol motifs (C(OH)–C–C–N with tert-alkyl or cyclic N) is 1. The molecule has 1 unspecified atom stereocenters. The van der Waals surface area contributed by atoms with Gasteiger partial charge in [-0.1, -0.05) is 18.2 Å². The summed E-state index contributed by atoms with van der Waals surface area (Å²) in [7, 11) is 0. The number of rotatable bonds is 5. The lowest BCUT2D eigenvalue weighted by Crippen LogP contribution is -2.35. The number of hydrogen-bond donors (Lipinski definition) is 1. The Labute approximate surface area is 108 Å². The standard InChI is InChI=1S/C14H21NO3/c1-2-17-11-13(16)10-15-7-8-18-14-6-4-3-5-12(14)9-15/h3-6,13,16H,2,7-11H2,1H3. The molecule has 100 valence electrons. The van der Waals surface area contributed by atoms with Gasteiger partial charge >= 0.3 is 0 Å². The molecule has 1 aliphatic rings. The topological polar surface area (TPSA) is 41.9 Å². The number of fused-ring (bicyclic) bond motifs is 1. The Kier molecular flexibility index (Phi) is 4.99. The first-order valence-electron chi connectivity index (χ1n) is 6.48. The van der Waals surface area contributed by atoms with E-state index in [2.05, 4.69) is 11.0 Å². The van der Waals surface area contributed by atoms with Gasteiger partial charge in [0.05, 0.1) is 12.7 Å². The van der Waals surface area contributed by atoms with E-state index in [-0.39, 0.29) is 0 Å². The third kappa shape index (κ3) is 3.70. The minimum absolute atomic E-state index is 0.398. The lowest BCUT2D eigenvalue weighted by atomic mass is 10.2. The van der Waals surface area contributed by atoms with Crippen LogP contribution >= 0.6 is 0 Å². The van der Waals surface area contributed by atoms with Crippen LogP contribution in [0.1, 0.15) is 12.5 Å². The second kappa shape index (κ2) is 6.73. The zero-order valence-electron chi connectivity index (χ0n) is 10.8. The highest BCUT2D eigenvalue weighted by atomic mass is 16.5. The largest absolute Gasteiger partial charge is 0.492 e. The molecule has 0 spiro atoms. The molecule has 4 nitrogen and oxygen atoms in total. The van der Waals surface area contributed by atoms with Crippen molar-refractivity contribution >= 4 is 0 Å². The number of hydrogen-bond acceptors (Lipinski definition) is 4. The van der Waals surface area contributed by atoms with Crippen molar-refractivity contribution in [1.29, 1.82) is 0 Å². The van der Waals surface area contributed by atoms with E-state index in [9.17, 15) is 5.11 Å². The number of para-hydroxylation sites is 1. The summed E-state index contributed by atoms with van der Waals surface area (Å²) >= 11 is 0. The van der Waals surface area contributed by atoms with E-state index in [1.54, 1.807) is 0 Å². The van der Waals surface area contributed by atoms with Gasteiger partial charge in [-0.25, -0.2) is 0 Å². The number of ether oxygens (including phenoxy) is 2. The molecule has 1 aliphatic heterocycles. The highest BCUT2D eigenvalue weighted by Gasteiger charge is 2.17. The number of benzene rings is 1. The Balaban J connectivity index is 1.91. The Morgan fingerprint density at radius 3 is 3.11 bits per heavy atom. The Hall–Kier alpha value is -1.10. The van der Waals surface area contributed by atoms with Crippen molar-refractivity contribution in [3.05, 3.63) is 29.8 Å². The van der Waals surface area contributed by atoms with Crippen LogP contribution in [0.15, 0.2) is 24.3 Å². The molecule has 18 heavy (non-hydrogen) atoms. The molecule has 1 heterocycles. The second-order valence-electron chi connectivity index (χ2n) is 4.50. The molecule has 1 aromatic carbocycles. The SMILES string of the molecule is CCOCC(O)CN1CCOc2ccccc2C1. The van der Waals surface area contributed by atoms with Crippen molar-refractivity contribution in [2.24, 2.45) is 0 Å². The summed E-state index contributed by atoms with van der Waals surface area (Å²) in [6.45, 7) is 5.91. The van der Waals surface area contributed by atoms with Crippen LogP contribution in [-0.2, 0) is 11.3 Å². The minimum atomic E-state index is -0.435. The Morgan fingerprint density at radius 2 is 2.28 bits per heavy atom. The van der Waals surface area contributed by atoms with Gasteiger partial charge in [0.1, 0.15) is 12.4 Å². The molecule has 0 bridgehead atoms. The van der Waals surface area contributed by atoms with Crippen LogP contribution in [0.2, 0.25) is 0 Å². The molecule has 4 heteroatoms. The van der Waals surface area contributed by atoms with Gasteiger partial charge in [0, 0.05) is 31.8 Å². The van der Waals surface area contributed by atoms with E-state index < -0.39 is 6.10 Å². The zero-order chi connectivity index (χ0) is 12.8. The van der Waals surface area contributed by atoms with Crippen LogP contribution in [0.5, 0.6) is 5.75 Å². The van der Waals surface area contributed by atoms with Gasteiger partial charge in [0.25, 0.3) is 0 Å². The smallest absolute Gasteiger partial charge is 0.123 e. The summed E-state index contributed by atoms with van der Waals surface area (Å²) in [4.78, 5) is 2.20. The van der Waals surface area contributed by atoms with E-state index in [0.717, 1.165) is 18.8 Å². The van der Waals surface area contributed by atoms with Crippen molar-refractivity contribution in [1.82, 2.24) is 4.90 Å². The van der Waals surface area contributed by atoms with Gasteiger partial charge in [0.15, 0.2) is 0 Å². The summed E-state index contributed by atoms with van der Waals surface area (Å²) in [5.74, 6) is 0.958. The van der Waals surface area contributed by atoms with E-state index in [1.807, 2.05) is 25.1 Å². The molecule has 0 fully saturated rings. The van der Waals surface area contributed by atoms with Crippen LogP contribution in [0, 0.1) is 0 Å². The predicted molar refractivity (Wildman–Crippen MR) is 69.7 cm³/mol. The average molecular weight is 251 g/mol. The lowest BCUT2D eigenvalue weighted by Gasteiger charge is -2.22. The van der Waals surface area contributed by atoms with Crippen molar-refractivity contribution in [3.8, 4) is 5.75 Å². The van der Waals surface area contributed by atoms with Gasteiger partial charge < -0.3 is 14.6 Å². The average Bonchev–Trinajstić information content (AvgIpc) is 2.57. The molecule has 1 aromatic rings. The second-order valence-corrected chi connectivity index (χ2v) is 4.50. The van der Waals surface area contributed by atoms with E-state index in [0.29, 0.717) is 26.4 Å². The van der Waals surface area contributed by atoms with E-state index in [4.69, 9.17) is 9.47 Å². The minimum Gasteiger partial charge on any atom is -0.492 e. The first-order chi connectivity index (χ1) is 8.79. The zero-order valence-corrected chi connectivity index (χ0v) is 10.8. The third-order valence-electron chi connectivity index (χ3n) is 3.01. The number of nitrogens with zero attached hydrogens (tertiary/aromatic N) is 1. The molecular weight excluding hydrogens is 230 g/mol. The van der Waals surface area contributed by atoms with E-state index >= 15 is 0 Å². The van der Waals surface area contributed by atoms with Crippen molar-refractivity contribution in [3.63, 3.8) is 0 Å². The maximum absolute atomic E-state index is 9.86. The highest BCUT2D eigenvalue weighted by molar-refractivity contribution is 5.33. The molecule has 0 saturated heterocycles. The van der Waals surface area contributed by atoms with Gasteiger partial charge in [-0.2, -0.15) is 0 Å². The summed E-state index contributed by atoms with van der Waals surface area (Å²) in [6, 6.07) is 8.07. The molecule has 0 saturated carbocycles. The molecule has 1 atom stereocenters. The predicted octanol–water partition coefficient (Wildman–Crippen LogP) is 1.28. The van der Waals surface area contributed by atoms with Gasteiger partial charge in [0.2, 0.25) is 0 Å². The van der Waals surface area contributed by atoms with Crippen LogP contribution in [0.4, 0.5) is 0 Å². The highest BCUT2D eigenvalue weighted by Crippen LogP contribution is 2.22. The Bertz CT molecular complexity index is 370. The van der Waals surface area contributed by atoms with Gasteiger partial charge in [-0.05, 0) is 13.0 Å². The van der Waals surface area contributed by atoms with Crippen molar-refractivity contribution in [2.45, 2.75) is 19.6 Å². The molecule has 1 N–H and O–H groups in total. The monoisotopic (exact) mass is 251 g/mol. The summed E-state index contributed by atoms with van der Waals surface area (Å²) in [5, 5.41) is 9.86.